The predicted octanol–water partition coefficient (Wildman–Crippen LogP) is 4.68. The lowest BCUT2D eigenvalue weighted by atomic mass is 9.74. The number of nitrogens with zero attached hydrogens (tertiary/aromatic N) is 4. The molecule has 1 fully saturated rings. The average Bonchev–Trinajstić information content (AvgIpc) is 3.25. The zero-order valence-corrected chi connectivity index (χ0v) is 20.3. The van der Waals surface area contributed by atoms with Crippen LogP contribution >= 0.6 is 0 Å². The summed E-state index contributed by atoms with van der Waals surface area (Å²) in [6, 6.07) is 7.43. The van der Waals surface area contributed by atoms with Crippen LogP contribution in [0, 0.1) is 17.6 Å². The van der Waals surface area contributed by atoms with Crippen LogP contribution in [-0.4, -0.2) is 45.9 Å². The summed E-state index contributed by atoms with van der Waals surface area (Å²) in [5.41, 5.74) is 8.83. The number of nitrogens with one attached hydrogen (secondary N) is 1. The second-order valence-corrected chi connectivity index (χ2v) is 9.20. The molecule has 1 aromatic carbocycles. The molecule has 8 nitrogen and oxygen atoms in total. The molecule has 0 saturated heterocycles. The van der Waals surface area contributed by atoms with Gasteiger partial charge in [0.05, 0.1) is 48.1 Å². The monoisotopic (exact) mass is 494 g/mol. The SMILES string of the molecule is COc1cc(F)c(-c2ccc3cnc(Nc4cnccc4[C@H]4C[C@@H](N)[C@@H](OC)[C@@H](C)C4)n3n2)c(F)c1. The Morgan fingerprint density at radius 1 is 1.08 bits per heavy atom. The van der Waals surface area contributed by atoms with E-state index in [4.69, 9.17) is 15.2 Å². The van der Waals surface area contributed by atoms with E-state index in [1.807, 2.05) is 6.07 Å². The Labute approximate surface area is 207 Å². The zero-order valence-electron chi connectivity index (χ0n) is 20.3. The number of halogens is 2. The highest BCUT2D eigenvalue weighted by molar-refractivity contribution is 5.66. The van der Waals surface area contributed by atoms with Crippen LogP contribution in [0.1, 0.15) is 31.2 Å². The highest BCUT2D eigenvalue weighted by Crippen LogP contribution is 2.40. The van der Waals surface area contributed by atoms with Crippen molar-refractivity contribution in [2.75, 3.05) is 19.5 Å². The van der Waals surface area contributed by atoms with Crippen LogP contribution in [0.2, 0.25) is 0 Å². The molecular weight excluding hydrogens is 466 g/mol. The van der Waals surface area contributed by atoms with E-state index in [1.54, 1.807) is 37.8 Å². The molecule has 5 rings (SSSR count). The summed E-state index contributed by atoms with van der Waals surface area (Å²) < 4.78 is 41.5. The van der Waals surface area contributed by atoms with E-state index in [9.17, 15) is 8.78 Å². The number of ether oxygens (including phenoxy) is 2. The maximum Gasteiger partial charge on any atom is 0.229 e. The summed E-state index contributed by atoms with van der Waals surface area (Å²) in [6.45, 7) is 2.15. The molecule has 0 aliphatic heterocycles. The molecule has 36 heavy (non-hydrogen) atoms. The summed E-state index contributed by atoms with van der Waals surface area (Å²) in [7, 11) is 3.06. The number of aromatic nitrogens is 4. The molecule has 0 amide bonds. The minimum Gasteiger partial charge on any atom is -0.497 e. The number of anilines is 2. The van der Waals surface area contributed by atoms with Gasteiger partial charge in [0.25, 0.3) is 0 Å². The lowest BCUT2D eigenvalue weighted by molar-refractivity contribution is 0.00984. The lowest BCUT2D eigenvalue weighted by Gasteiger charge is -2.38. The minimum atomic E-state index is -0.764. The molecule has 3 aromatic heterocycles. The van der Waals surface area contributed by atoms with Crippen LogP contribution in [0.4, 0.5) is 20.4 Å². The third-order valence-electron chi connectivity index (χ3n) is 6.90. The van der Waals surface area contributed by atoms with Gasteiger partial charge in [0.15, 0.2) is 0 Å². The van der Waals surface area contributed by atoms with Crippen LogP contribution in [0.5, 0.6) is 5.75 Å². The molecular formula is C26H28F2N6O2. The van der Waals surface area contributed by atoms with Crippen LogP contribution in [0.15, 0.2) is 48.9 Å². The van der Waals surface area contributed by atoms with Crippen LogP contribution < -0.4 is 15.8 Å². The number of pyridine rings is 1. The number of hydrogen-bond donors (Lipinski definition) is 2. The Bertz CT molecular complexity index is 1360. The van der Waals surface area contributed by atoms with Crippen LogP contribution in [0.25, 0.3) is 16.8 Å². The van der Waals surface area contributed by atoms with E-state index in [1.165, 1.54) is 11.6 Å². The zero-order chi connectivity index (χ0) is 25.4. The fourth-order valence-electron chi connectivity index (χ4n) is 5.22. The molecule has 188 valence electrons. The second kappa shape index (κ2) is 9.79. The van der Waals surface area contributed by atoms with E-state index in [0.29, 0.717) is 17.4 Å². The van der Waals surface area contributed by atoms with Gasteiger partial charge in [0.2, 0.25) is 5.95 Å². The van der Waals surface area contributed by atoms with Gasteiger partial charge in [-0.15, -0.1) is 0 Å². The Hall–Kier alpha value is -3.63. The summed E-state index contributed by atoms with van der Waals surface area (Å²) in [5, 5.41) is 7.80. The summed E-state index contributed by atoms with van der Waals surface area (Å²) >= 11 is 0. The highest BCUT2D eigenvalue weighted by atomic mass is 19.1. The van der Waals surface area contributed by atoms with E-state index in [0.717, 1.165) is 36.2 Å². The molecule has 1 saturated carbocycles. The van der Waals surface area contributed by atoms with E-state index in [2.05, 4.69) is 27.3 Å². The number of hydrogen-bond acceptors (Lipinski definition) is 7. The number of fused-ring (bicyclic) bond motifs is 1. The fraction of sp³-hybridized carbons (Fsp3) is 0.346. The van der Waals surface area contributed by atoms with E-state index in [-0.39, 0.29) is 35.1 Å². The number of imidazole rings is 1. The molecule has 3 N–H and O–H groups in total. The first kappa shape index (κ1) is 24.1. The van der Waals surface area contributed by atoms with Crippen LogP contribution in [-0.2, 0) is 4.74 Å². The topological polar surface area (TPSA) is 99.6 Å². The Morgan fingerprint density at radius 2 is 1.86 bits per heavy atom. The van der Waals surface area contributed by atoms with Gasteiger partial charge in [-0.3, -0.25) is 4.98 Å². The second-order valence-electron chi connectivity index (χ2n) is 9.20. The van der Waals surface area contributed by atoms with Crippen molar-refractivity contribution in [1.29, 1.82) is 0 Å². The van der Waals surface area contributed by atoms with E-state index >= 15 is 0 Å². The standard InChI is InChI=1S/C26H28F2N6O2/c1-14-8-15(9-21(29)25(14)36-3)18-6-7-30-13-23(18)32-26-31-12-16-4-5-22(33-34(16)26)24-19(27)10-17(35-2)11-20(24)28/h4-7,10-15,21,25H,8-9,29H2,1-3H3,(H,31,32)/t14-,15+,21+,25-/m0/s1. The van der Waals surface area contributed by atoms with Crippen LogP contribution in [0.3, 0.4) is 0 Å². The number of methoxy groups -OCH3 is 2. The van der Waals surface area contributed by atoms with Crippen molar-refractivity contribution < 1.29 is 18.3 Å². The first-order valence-corrected chi connectivity index (χ1v) is 11.8. The molecule has 1 aliphatic carbocycles. The quantitative estimate of drug-likeness (QED) is 0.402. The summed E-state index contributed by atoms with van der Waals surface area (Å²) in [6.07, 6.45) is 6.86. The van der Waals surface area contributed by atoms with Crippen molar-refractivity contribution >= 4 is 17.2 Å². The normalized spacial score (nSPS) is 22.1. The number of rotatable bonds is 6. The Balaban J connectivity index is 1.49. The van der Waals surface area contributed by atoms with Gasteiger partial charge in [0.1, 0.15) is 17.4 Å². The molecule has 4 aromatic rings. The Kier molecular flexibility index (Phi) is 6.55. The van der Waals surface area contributed by atoms with Gasteiger partial charge in [0, 0.05) is 31.5 Å². The van der Waals surface area contributed by atoms with Gasteiger partial charge in [-0.25, -0.2) is 13.8 Å². The maximum atomic E-state index is 14.7. The summed E-state index contributed by atoms with van der Waals surface area (Å²) in [4.78, 5) is 8.74. The summed E-state index contributed by atoms with van der Waals surface area (Å²) in [5.74, 6) is -0.518. The number of nitrogens with two attached hydrogens (primary N) is 1. The van der Waals surface area contributed by atoms with E-state index < -0.39 is 11.6 Å². The fourth-order valence-corrected chi connectivity index (χ4v) is 5.22. The third kappa shape index (κ3) is 4.38. The molecule has 0 unspecified atom stereocenters. The first-order chi connectivity index (χ1) is 17.4. The van der Waals surface area contributed by atoms with Crippen molar-refractivity contribution in [2.45, 2.75) is 37.8 Å². The largest absolute Gasteiger partial charge is 0.497 e. The van der Waals surface area contributed by atoms with Gasteiger partial charge < -0.3 is 20.5 Å². The van der Waals surface area contributed by atoms with Gasteiger partial charge in [-0.05, 0) is 48.4 Å². The van der Waals surface area contributed by atoms with Crippen molar-refractivity contribution in [3.8, 4) is 17.0 Å². The molecule has 0 bridgehead atoms. The smallest absolute Gasteiger partial charge is 0.229 e. The maximum absolute atomic E-state index is 14.7. The van der Waals surface area contributed by atoms with Gasteiger partial charge >= 0.3 is 0 Å². The predicted molar refractivity (Wildman–Crippen MR) is 132 cm³/mol. The minimum absolute atomic E-state index is 0.0251. The van der Waals surface area contributed by atoms with Gasteiger partial charge in [-0.2, -0.15) is 9.61 Å². The van der Waals surface area contributed by atoms with Crippen molar-refractivity contribution in [3.63, 3.8) is 0 Å². The van der Waals surface area contributed by atoms with Gasteiger partial charge in [-0.1, -0.05) is 6.92 Å². The Morgan fingerprint density at radius 3 is 2.56 bits per heavy atom. The molecule has 10 heteroatoms. The molecule has 0 radical (unpaired) electrons. The molecule has 3 heterocycles. The number of benzene rings is 1. The highest BCUT2D eigenvalue weighted by Gasteiger charge is 2.35. The average molecular weight is 495 g/mol. The first-order valence-electron chi connectivity index (χ1n) is 11.8. The molecule has 4 atom stereocenters. The third-order valence-corrected chi connectivity index (χ3v) is 6.90. The lowest BCUT2D eigenvalue weighted by Crippen LogP contribution is -2.45. The molecule has 1 aliphatic rings. The van der Waals surface area contributed by atoms with Crippen molar-refractivity contribution in [1.82, 2.24) is 19.6 Å². The van der Waals surface area contributed by atoms with Crippen molar-refractivity contribution in [2.24, 2.45) is 11.7 Å². The van der Waals surface area contributed by atoms with Crippen molar-refractivity contribution in [3.05, 3.63) is 66.1 Å². The molecule has 0 spiro atoms.